The molecular weight excluding hydrogens is 316 g/mol. The third-order valence-electron chi connectivity index (χ3n) is 3.71. The van der Waals surface area contributed by atoms with Gasteiger partial charge in [-0.1, -0.05) is 48.5 Å². The first-order valence-corrected chi connectivity index (χ1v) is 8.24. The molecule has 0 heterocycles. The highest BCUT2D eigenvalue weighted by molar-refractivity contribution is 5.91. The molecule has 0 aliphatic carbocycles. The van der Waals surface area contributed by atoms with Gasteiger partial charge in [0.1, 0.15) is 11.9 Å². The van der Waals surface area contributed by atoms with E-state index in [9.17, 15) is 4.79 Å². The predicted molar refractivity (Wildman–Crippen MR) is 99.8 cm³/mol. The Kier molecular flexibility index (Phi) is 7.04. The molecule has 0 saturated heterocycles. The van der Waals surface area contributed by atoms with Gasteiger partial charge in [0.15, 0.2) is 0 Å². The average molecular weight is 340 g/mol. The molecule has 2 aromatic rings. The van der Waals surface area contributed by atoms with Crippen LogP contribution in [0.2, 0.25) is 0 Å². The maximum atomic E-state index is 12.4. The van der Waals surface area contributed by atoms with Gasteiger partial charge in [-0.3, -0.25) is 0 Å². The van der Waals surface area contributed by atoms with E-state index in [1.165, 1.54) is 4.90 Å². The van der Waals surface area contributed by atoms with Crippen molar-refractivity contribution in [1.82, 2.24) is 4.90 Å². The van der Waals surface area contributed by atoms with E-state index in [0.717, 1.165) is 5.56 Å². The molecule has 2 rings (SSSR count). The Morgan fingerprint density at radius 3 is 2.60 bits per heavy atom. The maximum Gasteiger partial charge on any atom is 0.322 e. The van der Waals surface area contributed by atoms with Crippen molar-refractivity contribution >= 4 is 11.7 Å². The van der Waals surface area contributed by atoms with E-state index < -0.39 is 0 Å². The van der Waals surface area contributed by atoms with Crippen LogP contribution in [0, 0.1) is 0 Å². The minimum absolute atomic E-state index is 0.107. The topological polar surface area (TPSA) is 61.8 Å². The number of ether oxygens (including phenoxy) is 1. The molecule has 132 valence electrons. The molecule has 0 fully saturated rings. The lowest BCUT2D eigenvalue weighted by molar-refractivity contribution is 0.194. The van der Waals surface area contributed by atoms with Gasteiger partial charge < -0.3 is 20.1 Å². The van der Waals surface area contributed by atoms with E-state index in [4.69, 9.17) is 9.84 Å². The minimum Gasteiger partial charge on any atom is -0.484 e. The summed E-state index contributed by atoms with van der Waals surface area (Å²) in [6.45, 7) is 6.08. The Morgan fingerprint density at radius 1 is 1.24 bits per heavy atom. The van der Waals surface area contributed by atoms with Gasteiger partial charge in [-0.05, 0) is 24.6 Å². The summed E-state index contributed by atoms with van der Waals surface area (Å²) in [4.78, 5) is 13.9. The Labute approximate surface area is 148 Å². The number of benzene rings is 2. The van der Waals surface area contributed by atoms with Crippen molar-refractivity contribution in [3.05, 3.63) is 72.8 Å². The number of carbonyl (C=O) groups excluding carboxylic acids is 1. The molecule has 0 radical (unpaired) electrons. The van der Waals surface area contributed by atoms with Crippen LogP contribution in [0.4, 0.5) is 10.5 Å². The number of urea groups is 1. The molecule has 1 unspecified atom stereocenters. The van der Waals surface area contributed by atoms with Crippen LogP contribution in [0.25, 0.3) is 0 Å². The van der Waals surface area contributed by atoms with Gasteiger partial charge in [0.05, 0.1) is 12.3 Å². The van der Waals surface area contributed by atoms with E-state index in [1.54, 1.807) is 12.1 Å². The third-order valence-corrected chi connectivity index (χ3v) is 3.71. The highest BCUT2D eigenvalue weighted by Crippen LogP contribution is 2.29. The van der Waals surface area contributed by atoms with E-state index >= 15 is 0 Å². The molecule has 0 aromatic heterocycles. The number of hydrogen-bond acceptors (Lipinski definition) is 3. The van der Waals surface area contributed by atoms with Crippen LogP contribution >= 0.6 is 0 Å². The Hall–Kier alpha value is -2.79. The molecule has 5 heteroatoms. The van der Waals surface area contributed by atoms with Gasteiger partial charge in [0.2, 0.25) is 0 Å². The normalized spacial score (nSPS) is 11.4. The van der Waals surface area contributed by atoms with E-state index in [0.29, 0.717) is 18.0 Å². The van der Waals surface area contributed by atoms with Gasteiger partial charge >= 0.3 is 6.03 Å². The summed E-state index contributed by atoms with van der Waals surface area (Å²) in [6, 6.07) is 16.9. The zero-order valence-electron chi connectivity index (χ0n) is 14.4. The van der Waals surface area contributed by atoms with Crippen molar-refractivity contribution in [2.24, 2.45) is 0 Å². The maximum absolute atomic E-state index is 12.4. The molecule has 0 aliphatic heterocycles. The fourth-order valence-electron chi connectivity index (χ4n) is 2.40. The predicted octanol–water partition coefficient (Wildman–Crippen LogP) is 3.84. The molecule has 0 bridgehead atoms. The number of amides is 2. The van der Waals surface area contributed by atoms with Crippen molar-refractivity contribution < 1.29 is 14.6 Å². The summed E-state index contributed by atoms with van der Waals surface area (Å²) >= 11 is 0. The third kappa shape index (κ3) is 5.36. The number of nitrogens with one attached hydrogen (secondary N) is 1. The second-order valence-electron chi connectivity index (χ2n) is 5.56. The lowest BCUT2D eigenvalue weighted by Crippen LogP contribution is -2.37. The van der Waals surface area contributed by atoms with Gasteiger partial charge in [-0.2, -0.15) is 0 Å². The zero-order chi connectivity index (χ0) is 18.1. The second-order valence-corrected chi connectivity index (χ2v) is 5.56. The first-order chi connectivity index (χ1) is 12.2. The molecule has 1 atom stereocenters. The summed E-state index contributed by atoms with van der Waals surface area (Å²) < 4.78 is 6.03. The van der Waals surface area contributed by atoms with Crippen LogP contribution in [0.5, 0.6) is 5.75 Å². The summed E-state index contributed by atoms with van der Waals surface area (Å²) in [5.74, 6) is 0.592. The fraction of sp³-hybridized carbons (Fsp3) is 0.250. The van der Waals surface area contributed by atoms with Crippen LogP contribution in [0.15, 0.2) is 67.3 Å². The molecule has 25 heavy (non-hydrogen) atoms. The molecule has 0 saturated carbocycles. The van der Waals surface area contributed by atoms with E-state index in [-0.39, 0.29) is 25.3 Å². The number of aliphatic hydroxyl groups is 1. The van der Waals surface area contributed by atoms with Gasteiger partial charge in [-0.15, -0.1) is 6.58 Å². The quantitative estimate of drug-likeness (QED) is 0.718. The fourth-order valence-corrected chi connectivity index (χ4v) is 2.40. The first kappa shape index (κ1) is 18.5. The van der Waals surface area contributed by atoms with E-state index in [1.807, 2.05) is 55.5 Å². The molecule has 2 amide bonds. The lowest BCUT2D eigenvalue weighted by Gasteiger charge is -2.22. The highest BCUT2D eigenvalue weighted by atomic mass is 16.5. The van der Waals surface area contributed by atoms with Crippen LogP contribution in [-0.4, -0.2) is 35.7 Å². The SMILES string of the molecule is C=CCN(CCO)C(=O)Nc1ccccc1OC(C)c1ccccc1. The smallest absolute Gasteiger partial charge is 0.322 e. The Morgan fingerprint density at radius 2 is 1.92 bits per heavy atom. The zero-order valence-corrected chi connectivity index (χ0v) is 14.4. The van der Waals surface area contributed by atoms with E-state index in [2.05, 4.69) is 11.9 Å². The largest absolute Gasteiger partial charge is 0.484 e. The van der Waals surface area contributed by atoms with Crippen molar-refractivity contribution in [2.75, 3.05) is 25.0 Å². The monoisotopic (exact) mass is 340 g/mol. The standard InChI is InChI=1S/C20H24N2O3/c1-3-13-22(14-15-23)20(24)21-18-11-7-8-12-19(18)25-16(2)17-9-5-4-6-10-17/h3-12,16,23H,1,13-15H2,2H3,(H,21,24). The first-order valence-electron chi connectivity index (χ1n) is 8.24. The van der Waals surface area contributed by atoms with Crippen LogP contribution in [0.3, 0.4) is 0 Å². The molecular formula is C20H24N2O3. The lowest BCUT2D eigenvalue weighted by atomic mass is 10.1. The van der Waals surface area contributed by atoms with Gasteiger partial charge in [-0.25, -0.2) is 4.79 Å². The van der Waals surface area contributed by atoms with Crippen molar-refractivity contribution in [1.29, 1.82) is 0 Å². The van der Waals surface area contributed by atoms with Crippen molar-refractivity contribution in [3.63, 3.8) is 0 Å². The summed E-state index contributed by atoms with van der Waals surface area (Å²) in [7, 11) is 0. The number of nitrogens with zero attached hydrogens (tertiary/aromatic N) is 1. The Balaban J connectivity index is 2.12. The van der Waals surface area contributed by atoms with Gasteiger partial charge in [0.25, 0.3) is 0 Å². The number of para-hydroxylation sites is 2. The minimum atomic E-state index is -0.308. The second kappa shape index (κ2) is 9.49. The number of aliphatic hydroxyl groups excluding tert-OH is 1. The molecule has 2 N–H and O–H groups in total. The van der Waals surface area contributed by atoms with Crippen LogP contribution < -0.4 is 10.1 Å². The van der Waals surface area contributed by atoms with Crippen LogP contribution in [-0.2, 0) is 0 Å². The Bertz CT molecular complexity index is 688. The summed E-state index contributed by atoms with van der Waals surface area (Å²) in [6.07, 6.45) is 1.47. The highest BCUT2D eigenvalue weighted by Gasteiger charge is 2.15. The van der Waals surface area contributed by atoms with Crippen molar-refractivity contribution in [2.45, 2.75) is 13.0 Å². The summed E-state index contributed by atoms with van der Waals surface area (Å²) in [5, 5.41) is 11.9. The number of rotatable bonds is 8. The van der Waals surface area contributed by atoms with Crippen LogP contribution in [0.1, 0.15) is 18.6 Å². The summed E-state index contributed by atoms with van der Waals surface area (Å²) in [5.41, 5.74) is 1.64. The molecule has 5 nitrogen and oxygen atoms in total. The van der Waals surface area contributed by atoms with Crippen molar-refractivity contribution in [3.8, 4) is 5.75 Å². The van der Waals surface area contributed by atoms with Gasteiger partial charge in [0, 0.05) is 13.1 Å². The average Bonchev–Trinajstić information content (AvgIpc) is 2.63. The number of hydrogen-bond donors (Lipinski definition) is 2. The number of anilines is 1. The molecule has 0 aliphatic rings. The molecule has 0 spiro atoms. The number of carbonyl (C=O) groups is 1. The molecule has 2 aromatic carbocycles.